The molecule has 1 aromatic carbocycles. The van der Waals surface area contributed by atoms with E-state index in [0.29, 0.717) is 19.7 Å². The highest BCUT2D eigenvalue weighted by Gasteiger charge is 2.31. The minimum absolute atomic E-state index is 0.252. The van der Waals surface area contributed by atoms with Crippen molar-refractivity contribution in [3.63, 3.8) is 0 Å². The van der Waals surface area contributed by atoms with Gasteiger partial charge in [0.05, 0.1) is 11.9 Å². The number of fused-ring (bicyclic) bond motifs is 1. The second-order valence-corrected chi connectivity index (χ2v) is 6.63. The first kappa shape index (κ1) is 16.6. The van der Waals surface area contributed by atoms with E-state index in [4.69, 9.17) is 4.74 Å². The van der Waals surface area contributed by atoms with Gasteiger partial charge in [-0.2, -0.15) is 0 Å². The van der Waals surface area contributed by atoms with Gasteiger partial charge in [-0.1, -0.05) is 36.4 Å². The normalized spacial score (nSPS) is 14.4. The Morgan fingerprint density at radius 3 is 2.81 bits per heavy atom. The molecule has 1 aliphatic rings. The first-order valence-corrected chi connectivity index (χ1v) is 8.81. The summed E-state index contributed by atoms with van der Waals surface area (Å²) in [5, 5.41) is 3.49. The first-order chi connectivity index (χ1) is 12.7. The van der Waals surface area contributed by atoms with Gasteiger partial charge in [0.1, 0.15) is 12.3 Å². The third-order valence-corrected chi connectivity index (χ3v) is 4.71. The largest absolute Gasteiger partial charge is 0.445 e. The molecule has 0 radical (unpaired) electrons. The van der Waals surface area contributed by atoms with Gasteiger partial charge in [0.2, 0.25) is 0 Å². The number of pyridine rings is 1. The Labute approximate surface area is 152 Å². The van der Waals surface area contributed by atoms with Crippen molar-refractivity contribution < 1.29 is 9.53 Å². The highest BCUT2D eigenvalue weighted by Crippen LogP contribution is 2.14. The summed E-state index contributed by atoms with van der Waals surface area (Å²) in [5.74, 6) is 0. The molecule has 0 spiro atoms. The van der Waals surface area contributed by atoms with Gasteiger partial charge in [-0.05, 0) is 24.6 Å². The Hall–Kier alpha value is -2.86. The zero-order valence-electron chi connectivity index (χ0n) is 14.8. The summed E-state index contributed by atoms with van der Waals surface area (Å²) in [6.07, 6.45) is 1.65. The summed E-state index contributed by atoms with van der Waals surface area (Å²) in [4.78, 5) is 18.2. The maximum absolute atomic E-state index is 12.1. The molecule has 4 rings (SSSR count). The van der Waals surface area contributed by atoms with E-state index in [0.717, 1.165) is 29.1 Å². The molecular formula is C20H22N4O2. The van der Waals surface area contributed by atoms with Gasteiger partial charge in [-0.15, -0.1) is 0 Å². The molecule has 2 aromatic heterocycles. The monoisotopic (exact) mass is 350 g/mol. The molecule has 1 fully saturated rings. The van der Waals surface area contributed by atoms with Crippen molar-refractivity contribution in [3.05, 3.63) is 71.7 Å². The van der Waals surface area contributed by atoms with Crippen LogP contribution in [0.2, 0.25) is 0 Å². The van der Waals surface area contributed by atoms with Crippen LogP contribution in [0.3, 0.4) is 0 Å². The van der Waals surface area contributed by atoms with Crippen LogP contribution in [-0.4, -0.2) is 39.5 Å². The van der Waals surface area contributed by atoms with Crippen molar-refractivity contribution in [2.24, 2.45) is 0 Å². The lowest BCUT2D eigenvalue weighted by Crippen LogP contribution is -2.59. The van der Waals surface area contributed by atoms with Crippen LogP contribution in [0.4, 0.5) is 4.79 Å². The number of ether oxygens (including phenoxy) is 1. The number of nitrogens with one attached hydrogen (secondary N) is 1. The fourth-order valence-electron chi connectivity index (χ4n) is 3.22. The van der Waals surface area contributed by atoms with E-state index in [1.807, 2.05) is 48.7 Å². The summed E-state index contributed by atoms with van der Waals surface area (Å²) < 4.78 is 7.50. The smallest absolute Gasteiger partial charge is 0.410 e. The number of likely N-dealkylation sites (tertiary alicyclic amines) is 1. The summed E-state index contributed by atoms with van der Waals surface area (Å²) in [7, 11) is 0. The molecule has 1 amide bonds. The van der Waals surface area contributed by atoms with E-state index in [9.17, 15) is 4.79 Å². The Kier molecular flexibility index (Phi) is 4.58. The number of carbonyl (C=O) groups is 1. The second kappa shape index (κ2) is 7.17. The van der Waals surface area contributed by atoms with Crippen LogP contribution in [-0.2, 0) is 17.9 Å². The van der Waals surface area contributed by atoms with Crippen molar-refractivity contribution in [3.8, 4) is 0 Å². The maximum Gasteiger partial charge on any atom is 0.410 e. The van der Waals surface area contributed by atoms with E-state index in [2.05, 4.69) is 27.7 Å². The zero-order valence-corrected chi connectivity index (χ0v) is 14.8. The molecule has 0 bridgehead atoms. The lowest BCUT2D eigenvalue weighted by Gasteiger charge is -2.38. The van der Waals surface area contributed by atoms with Gasteiger partial charge in [0, 0.05) is 31.4 Å². The fraction of sp³-hybridized carbons (Fsp3) is 0.300. The van der Waals surface area contributed by atoms with Crippen LogP contribution in [0, 0.1) is 6.92 Å². The molecule has 1 aliphatic heterocycles. The number of hydrogen-bond acceptors (Lipinski definition) is 4. The van der Waals surface area contributed by atoms with Gasteiger partial charge in [-0.25, -0.2) is 9.78 Å². The number of benzene rings is 1. The SMILES string of the molecule is Cc1cccc2ncc(CNC3CN(C(=O)OCc4ccccc4)C3)n12. The number of rotatable bonds is 5. The Morgan fingerprint density at radius 1 is 1.19 bits per heavy atom. The zero-order chi connectivity index (χ0) is 17.9. The molecule has 0 unspecified atom stereocenters. The van der Waals surface area contributed by atoms with Crippen molar-refractivity contribution in [2.45, 2.75) is 26.1 Å². The van der Waals surface area contributed by atoms with Gasteiger partial charge in [-0.3, -0.25) is 0 Å². The summed E-state index contributed by atoms with van der Waals surface area (Å²) in [6, 6.07) is 16.1. The Morgan fingerprint density at radius 2 is 2.00 bits per heavy atom. The molecule has 3 aromatic rings. The van der Waals surface area contributed by atoms with E-state index in [1.54, 1.807) is 4.90 Å². The number of imidazole rings is 1. The number of hydrogen-bond donors (Lipinski definition) is 1. The van der Waals surface area contributed by atoms with Crippen LogP contribution in [0.15, 0.2) is 54.7 Å². The third kappa shape index (κ3) is 3.41. The van der Waals surface area contributed by atoms with Crippen LogP contribution in [0.1, 0.15) is 17.0 Å². The topological polar surface area (TPSA) is 58.9 Å². The van der Waals surface area contributed by atoms with E-state index >= 15 is 0 Å². The van der Waals surface area contributed by atoms with Gasteiger partial charge in [0.25, 0.3) is 0 Å². The molecule has 6 nitrogen and oxygen atoms in total. The minimum Gasteiger partial charge on any atom is -0.445 e. The summed E-state index contributed by atoms with van der Waals surface area (Å²) in [5.41, 5.74) is 4.25. The molecule has 0 atom stereocenters. The minimum atomic E-state index is -0.252. The lowest BCUT2D eigenvalue weighted by atomic mass is 10.1. The number of aryl methyl sites for hydroxylation is 1. The molecule has 0 aliphatic carbocycles. The number of carbonyl (C=O) groups excluding carboxylic acids is 1. The number of amides is 1. The highest BCUT2D eigenvalue weighted by atomic mass is 16.6. The van der Waals surface area contributed by atoms with Crippen molar-refractivity contribution in [1.82, 2.24) is 19.6 Å². The average molecular weight is 350 g/mol. The van der Waals surface area contributed by atoms with Crippen LogP contribution >= 0.6 is 0 Å². The molecular weight excluding hydrogens is 328 g/mol. The summed E-state index contributed by atoms with van der Waals surface area (Å²) >= 11 is 0. The number of nitrogens with zero attached hydrogens (tertiary/aromatic N) is 3. The quantitative estimate of drug-likeness (QED) is 0.769. The molecule has 134 valence electrons. The fourth-order valence-corrected chi connectivity index (χ4v) is 3.22. The van der Waals surface area contributed by atoms with E-state index < -0.39 is 0 Å². The standard InChI is InChI=1S/C20H22N4O2/c1-15-6-5-9-19-22-11-18(24(15)19)10-21-17-12-23(13-17)20(25)26-14-16-7-3-2-4-8-16/h2-9,11,17,21H,10,12-14H2,1H3. The maximum atomic E-state index is 12.1. The van der Waals surface area contributed by atoms with Crippen molar-refractivity contribution in [2.75, 3.05) is 13.1 Å². The predicted molar refractivity (Wildman–Crippen MR) is 98.8 cm³/mol. The Bertz CT molecular complexity index is 901. The van der Waals surface area contributed by atoms with Crippen LogP contribution < -0.4 is 5.32 Å². The van der Waals surface area contributed by atoms with Crippen LogP contribution in [0.5, 0.6) is 0 Å². The van der Waals surface area contributed by atoms with Crippen LogP contribution in [0.25, 0.3) is 5.65 Å². The molecule has 1 saturated heterocycles. The van der Waals surface area contributed by atoms with Crippen molar-refractivity contribution >= 4 is 11.7 Å². The van der Waals surface area contributed by atoms with Gasteiger partial charge in [0.15, 0.2) is 0 Å². The van der Waals surface area contributed by atoms with Crippen molar-refractivity contribution in [1.29, 1.82) is 0 Å². The van der Waals surface area contributed by atoms with E-state index in [1.165, 1.54) is 0 Å². The summed E-state index contributed by atoms with van der Waals surface area (Å²) in [6.45, 7) is 4.46. The van der Waals surface area contributed by atoms with Gasteiger partial charge < -0.3 is 19.4 Å². The first-order valence-electron chi connectivity index (χ1n) is 8.81. The van der Waals surface area contributed by atoms with Gasteiger partial charge >= 0.3 is 6.09 Å². The third-order valence-electron chi connectivity index (χ3n) is 4.71. The molecule has 3 heterocycles. The lowest BCUT2D eigenvalue weighted by molar-refractivity contribution is 0.0599. The molecule has 6 heteroatoms. The second-order valence-electron chi connectivity index (χ2n) is 6.63. The highest BCUT2D eigenvalue weighted by molar-refractivity contribution is 5.68. The Balaban J connectivity index is 1.24. The molecule has 1 N–H and O–H groups in total. The average Bonchev–Trinajstić information content (AvgIpc) is 3.04. The van der Waals surface area contributed by atoms with E-state index in [-0.39, 0.29) is 12.1 Å². The number of aromatic nitrogens is 2. The molecule has 0 saturated carbocycles. The molecule has 26 heavy (non-hydrogen) atoms. The predicted octanol–water partition coefficient (Wildman–Crippen LogP) is 2.75.